The second-order valence-electron chi connectivity index (χ2n) is 7.21. The summed E-state index contributed by atoms with van der Waals surface area (Å²) in [7, 11) is 6.47. The molecule has 31 heavy (non-hydrogen) atoms. The summed E-state index contributed by atoms with van der Waals surface area (Å²) in [4.78, 5) is 0. The fourth-order valence-electron chi connectivity index (χ4n) is 3.81. The zero-order valence-corrected chi connectivity index (χ0v) is 19.5. The van der Waals surface area contributed by atoms with E-state index < -0.39 is 0 Å². The van der Waals surface area contributed by atoms with Gasteiger partial charge in [-0.15, -0.1) is 11.8 Å². The Morgan fingerprint density at radius 2 is 1.35 bits per heavy atom. The molecule has 0 saturated carbocycles. The lowest BCUT2D eigenvalue weighted by Crippen LogP contribution is -2.02. The second kappa shape index (κ2) is 10.5. The van der Waals surface area contributed by atoms with Crippen molar-refractivity contribution in [2.45, 2.75) is 36.7 Å². The monoisotopic (exact) mass is 443 g/mol. The van der Waals surface area contributed by atoms with E-state index in [1.54, 1.807) is 28.4 Å². The fraction of sp³-hybridized carbons (Fsp3) is 0.458. The van der Waals surface area contributed by atoms with E-state index in [1.807, 2.05) is 43.0 Å². The van der Waals surface area contributed by atoms with Crippen LogP contribution in [-0.2, 0) is 0 Å². The highest BCUT2D eigenvalue weighted by molar-refractivity contribution is 8.00. The summed E-state index contributed by atoms with van der Waals surface area (Å²) in [6.07, 6.45) is 2.87. The quantitative estimate of drug-likeness (QED) is 0.493. The Kier molecular flexibility index (Phi) is 7.80. The largest absolute Gasteiger partial charge is 0.493 e. The molecule has 166 valence electrons. The number of nitriles is 1. The summed E-state index contributed by atoms with van der Waals surface area (Å²) in [6, 6.07) is 10.2. The van der Waals surface area contributed by atoms with Gasteiger partial charge in [-0.25, -0.2) is 0 Å². The molecule has 2 atom stereocenters. The Morgan fingerprint density at radius 3 is 1.81 bits per heavy atom. The zero-order valence-electron chi connectivity index (χ0n) is 18.7. The summed E-state index contributed by atoms with van der Waals surface area (Å²) in [5, 5.41) is 10.2. The molecule has 0 aromatic heterocycles. The van der Waals surface area contributed by atoms with E-state index in [0.717, 1.165) is 30.4 Å². The molecule has 0 spiro atoms. The van der Waals surface area contributed by atoms with E-state index in [9.17, 15) is 5.26 Å². The molecule has 1 heterocycles. The van der Waals surface area contributed by atoms with Crippen LogP contribution in [0.25, 0.3) is 0 Å². The van der Waals surface area contributed by atoms with Crippen molar-refractivity contribution in [3.63, 3.8) is 0 Å². The molecule has 1 aliphatic rings. The number of ether oxygens (including phenoxy) is 5. The Labute approximate surface area is 188 Å². The lowest BCUT2D eigenvalue weighted by Gasteiger charge is -2.18. The van der Waals surface area contributed by atoms with E-state index >= 15 is 0 Å². The second-order valence-corrected chi connectivity index (χ2v) is 8.62. The first-order valence-corrected chi connectivity index (χ1v) is 11.2. The molecule has 0 amide bonds. The van der Waals surface area contributed by atoms with Crippen molar-refractivity contribution in [1.82, 2.24) is 0 Å². The number of methoxy groups -OCH3 is 4. The van der Waals surface area contributed by atoms with Crippen LogP contribution >= 0.6 is 11.8 Å². The molecule has 1 saturated heterocycles. The highest BCUT2D eigenvalue weighted by Crippen LogP contribution is 2.55. The maximum absolute atomic E-state index is 9.67. The molecule has 0 aliphatic carbocycles. The molecule has 7 heteroatoms. The van der Waals surface area contributed by atoms with Gasteiger partial charge in [0.2, 0.25) is 5.75 Å². The van der Waals surface area contributed by atoms with Crippen molar-refractivity contribution >= 4 is 11.8 Å². The Bertz CT molecular complexity index is 931. The first-order chi connectivity index (χ1) is 15.1. The highest BCUT2D eigenvalue weighted by atomic mass is 32.2. The summed E-state index contributed by atoms with van der Waals surface area (Å²) in [6.45, 7) is 2.58. The van der Waals surface area contributed by atoms with Gasteiger partial charge < -0.3 is 23.7 Å². The molecular formula is C24H29NO5S. The fourth-order valence-corrected chi connectivity index (χ4v) is 5.34. The molecule has 2 aromatic carbocycles. The van der Waals surface area contributed by atoms with Gasteiger partial charge >= 0.3 is 0 Å². The maximum Gasteiger partial charge on any atom is 0.203 e. The predicted molar refractivity (Wildman–Crippen MR) is 122 cm³/mol. The van der Waals surface area contributed by atoms with Crippen LogP contribution in [0.2, 0.25) is 0 Å². The van der Waals surface area contributed by atoms with E-state index in [-0.39, 0.29) is 10.5 Å². The lowest BCUT2D eigenvalue weighted by molar-refractivity contribution is 0.293. The van der Waals surface area contributed by atoms with Crippen molar-refractivity contribution in [1.29, 1.82) is 5.26 Å². The number of thioether (sulfide) groups is 1. The molecule has 1 fully saturated rings. The number of nitrogens with zero attached hydrogens (tertiary/aromatic N) is 1. The zero-order chi connectivity index (χ0) is 22.4. The van der Waals surface area contributed by atoms with Crippen LogP contribution in [0.15, 0.2) is 24.3 Å². The van der Waals surface area contributed by atoms with Crippen molar-refractivity contribution in [3.8, 4) is 34.8 Å². The molecular weight excluding hydrogens is 414 g/mol. The standard InChI is InChI=1S/C24H29NO5S/c1-6-9-30-23-17(14-25)10-15(11-18(23)26-2)21-7-8-22(31-21)16-12-19(27-3)24(29-5)20(13-16)28-4/h10-13,21-22H,6-9H2,1-5H3/t21-,22-/m1/s1. The molecule has 0 unspecified atom stereocenters. The molecule has 1 aliphatic heterocycles. The average Bonchev–Trinajstić information content (AvgIpc) is 3.31. The van der Waals surface area contributed by atoms with Gasteiger partial charge in [-0.05, 0) is 54.7 Å². The molecule has 3 rings (SSSR count). The van der Waals surface area contributed by atoms with E-state index in [2.05, 4.69) is 6.07 Å². The smallest absolute Gasteiger partial charge is 0.203 e. The first kappa shape index (κ1) is 23.0. The van der Waals surface area contributed by atoms with Gasteiger partial charge in [0, 0.05) is 10.5 Å². The minimum atomic E-state index is 0.255. The van der Waals surface area contributed by atoms with Gasteiger partial charge in [0.15, 0.2) is 23.0 Å². The Balaban J connectivity index is 1.88. The van der Waals surface area contributed by atoms with Crippen molar-refractivity contribution in [2.75, 3.05) is 35.0 Å². The maximum atomic E-state index is 9.67. The lowest BCUT2D eigenvalue weighted by atomic mass is 10.0. The number of benzene rings is 2. The van der Waals surface area contributed by atoms with Gasteiger partial charge in [0.25, 0.3) is 0 Å². The summed E-state index contributed by atoms with van der Waals surface area (Å²) in [5.74, 6) is 3.05. The van der Waals surface area contributed by atoms with Crippen LogP contribution in [-0.4, -0.2) is 35.0 Å². The number of hydrogen-bond donors (Lipinski definition) is 0. The molecule has 0 N–H and O–H groups in total. The Hall–Kier alpha value is -2.72. The average molecular weight is 444 g/mol. The van der Waals surface area contributed by atoms with Gasteiger partial charge in [-0.1, -0.05) is 6.92 Å². The third-order valence-corrected chi connectivity index (χ3v) is 6.99. The van der Waals surface area contributed by atoms with E-state index in [1.165, 1.54) is 0 Å². The number of hydrogen-bond acceptors (Lipinski definition) is 7. The van der Waals surface area contributed by atoms with Gasteiger partial charge in [-0.3, -0.25) is 0 Å². The molecule has 2 aromatic rings. The summed E-state index contributed by atoms with van der Waals surface area (Å²) in [5.41, 5.74) is 2.73. The predicted octanol–water partition coefficient (Wildman–Crippen LogP) is 5.69. The van der Waals surface area contributed by atoms with Crippen LogP contribution in [0.5, 0.6) is 28.7 Å². The minimum Gasteiger partial charge on any atom is -0.493 e. The van der Waals surface area contributed by atoms with E-state index in [0.29, 0.717) is 40.9 Å². The highest BCUT2D eigenvalue weighted by Gasteiger charge is 2.30. The Morgan fingerprint density at radius 1 is 0.839 bits per heavy atom. The van der Waals surface area contributed by atoms with Gasteiger partial charge in [0.05, 0.1) is 40.6 Å². The van der Waals surface area contributed by atoms with E-state index in [4.69, 9.17) is 23.7 Å². The number of rotatable bonds is 9. The molecule has 0 radical (unpaired) electrons. The van der Waals surface area contributed by atoms with Crippen LogP contribution in [0.4, 0.5) is 0 Å². The third kappa shape index (κ3) is 4.80. The third-order valence-electron chi connectivity index (χ3n) is 5.32. The van der Waals surface area contributed by atoms with Crippen LogP contribution in [0.1, 0.15) is 53.4 Å². The normalized spacial score (nSPS) is 17.7. The SMILES string of the molecule is CCCOc1c(C#N)cc([C@H]2CC[C@H](c3cc(OC)c(OC)c(OC)c3)S2)cc1OC. The molecule has 0 bridgehead atoms. The summed E-state index contributed by atoms with van der Waals surface area (Å²) < 4.78 is 27.8. The van der Waals surface area contributed by atoms with Crippen molar-refractivity contribution < 1.29 is 23.7 Å². The van der Waals surface area contributed by atoms with Crippen molar-refractivity contribution in [3.05, 3.63) is 41.0 Å². The molecule has 6 nitrogen and oxygen atoms in total. The van der Waals surface area contributed by atoms with Crippen LogP contribution < -0.4 is 23.7 Å². The minimum absolute atomic E-state index is 0.255. The van der Waals surface area contributed by atoms with Gasteiger partial charge in [0.1, 0.15) is 6.07 Å². The summed E-state index contributed by atoms with van der Waals surface area (Å²) >= 11 is 1.87. The van der Waals surface area contributed by atoms with Crippen LogP contribution in [0.3, 0.4) is 0 Å². The topological polar surface area (TPSA) is 69.9 Å². The van der Waals surface area contributed by atoms with Crippen LogP contribution in [0, 0.1) is 11.3 Å². The van der Waals surface area contributed by atoms with Crippen molar-refractivity contribution in [2.24, 2.45) is 0 Å². The van der Waals surface area contributed by atoms with Gasteiger partial charge in [-0.2, -0.15) is 5.26 Å². The first-order valence-electron chi connectivity index (χ1n) is 10.3.